The minimum absolute atomic E-state index is 0.125. The molecule has 71 heavy (non-hydrogen) atoms. The molecule has 0 spiro atoms. The number of nitrogens with one attached hydrogen (secondary N) is 1. The Labute approximate surface area is 417 Å². The lowest BCUT2D eigenvalue weighted by Gasteiger charge is -2.60. The topological polar surface area (TPSA) is 222 Å². The molecule has 11 aliphatic heterocycles. The Bertz CT molecular complexity index is 2300. The third-order valence-electron chi connectivity index (χ3n) is 18.6. The van der Waals surface area contributed by atoms with Crippen LogP contribution in [0.25, 0.3) is 0 Å². The van der Waals surface area contributed by atoms with Gasteiger partial charge in [-0.05, 0) is 78.7 Å². The molecule has 396 valence electrons. The van der Waals surface area contributed by atoms with Gasteiger partial charge in [0.2, 0.25) is 5.91 Å². The molecule has 23 atom stereocenters. The Balaban J connectivity index is 0.741. The van der Waals surface area contributed by atoms with E-state index in [1.54, 1.807) is 0 Å². The van der Waals surface area contributed by atoms with E-state index in [0.717, 1.165) is 24.8 Å². The Morgan fingerprint density at radius 2 is 1.51 bits per heavy atom. The highest BCUT2D eigenvalue weighted by Gasteiger charge is 2.64. The monoisotopic (exact) mass is 1020 g/mol. The molecule has 0 aromatic rings. The molecule has 11 heterocycles. The predicted octanol–water partition coefficient (Wildman–Crippen LogP) is 4.28. The first-order valence-electron chi connectivity index (χ1n) is 26.2. The lowest BCUT2D eigenvalue weighted by molar-refractivity contribution is -0.356. The lowest BCUT2D eigenvalue weighted by Crippen LogP contribution is -2.70. The molecule has 3 N–H and O–H groups in total. The van der Waals surface area contributed by atoms with Crippen LogP contribution in [-0.4, -0.2) is 174 Å². The van der Waals surface area contributed by atoms with Crippen LogP contribution in [0.1, 0.15) is 126 Å². The van der Waals surface area contributed by atoms with E-state index in [9.17, 15) is 23.1 Å². The Hall–Kier alpha value is -2.37. The second kappa shape index (κ2) is 18.1. The number of carbonyl (C=O) groups is 2. The zero-order valence-corrected chi connectivity index (χ0v) is 43.0. The number of rotatable bonds is 6. The average molecular weight is 1020 g/mol. The molecule has 0 unspecified atom stereocenters. The van der Waals surface area contributed by atoms with Gasteiger partial charge in [-0.15, -0.1) is 0 Å². The summed E-state index contributed by atoms with van der Waals surface area (Å²) in [4.78, 5) is 24.9. The number of amides is 1. The maximum Gasteiger partial charge on any atom is 0.331 e. The lowest BCUT2D eigenvalue weighted by atomic mass is 9.72. The van der Waals surface area contributed by atoms with Crippen LogP contribution >= 0.6 is 0 Å². The van der Waals surface area contributed by atoms with Gasteiger partial charge in [-0.1, -0.05) is 25.7 Å². The summed E-state index contributed by atoms with van der Waals surface area (Å²) in [5.41, 5.74) is -2.53. The van der Waals surface area contributed by atoms with E-state index in [1.807, 2.05) is 13.8 Å². The second-order valence-corrected chi connectivity index (χ2v) is 25.6. The van der Waals surface area contributed by atoms with Gasteiger partial charge < -0.3 is 62.5 Å². The van der Waals surface area contributed by atoms with Gasteiger partial charge in [-0.25, -0.2) is 4.79 Å². The summed E-state index contributed by atoms with van der Waals surface area (Å²) in [7, 11) is -4.23. The highest BCUT2D eigenvalue weighted by atomic mass is 32.2. The van der Waals surface area contributed by atoms with Crippen LogP contribution in [-0.2, 0) is 71.8 Å². The molecular weight excluding hydrogens is 943 g/mol. The number of aliphatic hydroxyl groups is 1. The van der Waals surface area contributed by atoms with Crippen molar-refractivity contribution in [3.63, 3.8) is 0 Å². The quantitative estimate of drug-likeness (QED) is 0.146. The van der Waals surface area contributed by atoms with Crippen molar-refractivity contribution in [3.8, 4) is 0 Å². The largest absolute Gasteiger partial charge is 0.456 e. The van der Waals surface area contributed by atoms with Crippen molar-refractivity contribution in [3.05, 3.63) is 36.0 Å². The maximum absolute atomic E-state index is 12.7. The molecular formula is C52H75NO17S. The van der Waals surface area contributed by atoms with Gasteiger partial charge in [0, 0.05) is 69.6 Å². The summed E-state index contributed by atoms with van der Waals surface area (Å²) in [5, 5.41) is 14.1. The van der Waals surface area contributed by atoms with Crippen LogP contribution in [0.15, 0.2) is 36.0 Å². The number of fused-ring (bicyclic) bond motifs is 10. The number of carbonyl (C=O) groups excluding carboxylic acids is 2. The van der Waals surface area contributed by atoms with Crippen molar-refractivity contribution < 1.29 is 79.8 Å². The van der Waals surface area contributed by atoms with E-state index < -0.39 is 68.1 Å². The molecule has 11 aliphatic rings. The second-order valence-electron chi connectivity index (χ2n) is 24.1. The number of esters is 1. The average Bonchev–Trinajstić information content (AvgIpc) is 3.48. The van der Waals surface area contributed by atoms with Gasteiger partial charge in [0.25, 0.3) is 10.1 Å². The van der Waals surface area contributed by atoms with Gasteiger partial charge in [0.1, 0.15) is 23.9 Å². The number of aliphatic hydroxyl groups excluding tert-OH is 1. The summed E-state index contributed by atoms with van der Waals surface area (Å²) >= 11 is 0. The molecule has 0 radical (unpaired) electrons. The molecule has 0 bridgehead atoms. The third kappa shape index (κ3) is 9.34. The molecule has 9 saturated heterocycles. The molecule has 18 nitrogen and oxygen atoms in total. The smallest absolute Gasteiger partial charge is 0.331 e. The van der Waals surface area contributed by atoms with Crippen LogP contribution in [0, 0.1) is 5.92 Å². The number of ether oxygens (including phenoxy) is 11. The minimum Gasteiger partial charge on any atom is -0.456 e. The zero-order valence-electron chi connectivity index (χ0n) is 42.2. The molecule has 0 aromatic heterocycles. The predicted molar refractivity (Wildman–Crippen MR) is 252 cm³/mol. The van der Waals surface area contributed by atoms with Crippen molar-refractivity contribution >= 4 is 22.0 Å². The van der Waals surface area contributed by atoms with Gasteiger partial charge in [0.05, 0.1) is 114 Å². The molecule has 19 heteroatoms. The summed E-state index contributed by atoms with van der Waals surface area (Å²) < 4.78 is 107. The van der Waals surface area contributed by atoms with Crippen molar-refractivity contribution in [1.82, 2.24) is 5.32 Å². The van der Waals surface area contributed by atoms with Crippen LogP contribution < -0.4 is 5.32 Å². The standard InChI is InChI=1S/C52H75NO17S/c1-26-17-32-37(24-50(6)39(63-32)22-36-46(69-50)27(2)18-44(55)65-36)62-31-11-13-49(5)40(66-45(26)31)23-41-51(7,70-49)25-43-48(4,68-41)12-9-10-30-33(64-43)20-35-34(61-30)21-42-52(8,67-35)38(54)19-29(60-42)16-28(3)47(56)53-14-15-71(57,58)59/h9-10,18,26,29-43,45-46,54H,3,11-17,19-25H2,1-2,4-8H3,(H,53,56)(H,57,58,59)/b10-9-/t26-,29-,30-,31+,32+,33+,34+,35-,36+,37-,38+,39-,40+,41-,42-,43-,45-,46-,48+,49-,50+,51+,52+/m1/s1. The molecule has 0 aromatic carbocycles. The van der Waals surface area contributed by atoms with Crippen LogP contribution in [0.3, 0.4) is 0 Å². The van der Waals surface area contributed by atoms with Crippen molar-refractivity contribution in [2.24, 2.45) is 5.92 Å². The van der Waals surface area contributed by atoms with E-state index in [2.05, 4.69) is 58.7 Å². The Kier molecular flexibility index (Phi) is 13.0. The van der Waals surface area contributed by atoms with E-state index in [1.165, 1.54) is 6.08 Å². The number of hydrogen-bond acceptors (Lipinski definition) is 16. The fourth-order valence-electron chi connectivity index (χ4n) is 14.4. The summed E-state index contributed by atoms with van der Waals surface area (Å²) in [6.07, 6.45) is 6.75. The van der Waals surface area contributed by atoms with E-state index in [-0.39, 0.29) is 122 Å². The van der Waals surface area contributed by atoms with Crippen molar-refractivity contribution in [1.29, 1.82) is 0 Å². The number of hydrogen-bond donors (Lipinski definition) is 3. The minimum atomic E-state index is -4.23. The first kappa shape index (κ1) is 50.8. The van der Waals surface area contributed by atoms with Crippen molar-refractivity contribution in [2.75, 3.05) is 12.3 Å². The van der Waals surface area contributed by atoms with Crippen LogP contribution in [0.2, 0.25) is 0 Å². The summed E-state index contributed by atoms with van der Waals surface area (Å²) in [6, 6.07) is 0. The summed E-state index contributed by atoms with van der Waals surface area (Å²) in [6.45, 7) is 18.3. The fraction of sp³-hybridized carbons (Fsp3) is 0.846. The fourth-order valence-corrected chi connectivity index (χ4v) is 14.8. The van der Waals surface area contributed by atoms with E-state index in [4.69, 9.17) is 56.7 Å². The normalized spacial score (nSPS) is 52.7. The van der Waals surface area contributed by atoms with E-state index in [0.29, 0.717) is 44.9 Å². The SMILES string of the molecule is C=C(C[C@@H]1C[C@H](O)[C@]2(C)O[C@@H]3C[C@@H]4O[C@@H]5C[C@]6(C)O[C@]7(C)CC[C@@H]8O[C@@H]9C[C@]%10(C)O[C@@H]%11C(C)=CC(=O)O[C@H]%11C[C@H]%10O[C@H]9C[C@@H](C)[C@H]8O[C@H]7C[C@H]6O[C@@]5(C)C/C=C\[C@H]4O[C@H]3C[C@H]2O1)C(=O)NCCS(=O)(=O)O. The molecule has 11 rings (SSSR count). The molecule has 0 aliphatic carbocycles. The van der Waals surface area contributed by atoms with Gasteiger partial charge in [-0.2, -0.15) is 8.42 Å². The molecule has 0 saturated carbocycles. The first-order valence-corrected chi connectivity index (χ1v) is 27.8. The molecule has 9 fully saturated rings. The van der Waals surface area contributed by atoms with Crippen LogP contribution in [0.5, 0.6) is 0 Å². The Morgan fingerprint density at radius 3 is 2.30 bits per heavy atom. The third-order valence-corrected chi connectivity index (χ3v) is 19.3. The zero-order chi connectivity index (χ0) is 50.2. The maximum atomic E-state index is 12.7. The van der Waals surface area contributed by atoms with E-state index >= 15 is 0 Å². The van der Waals surface area contributed by atoms with Crippen molar-refractivity contribution in [2.45, 2.75) is 257 Å². The molecule has 1 amide bonds. The van der Waals surface area contributed by atoms with Gasteiger partial charge in [0.15, 0.2) is 0 Å². The van der Waals surface area contributed by atoms with Gasteiger partial charge in [-0.3, -0.25) is 9.35 Å². The first-order chi connectivity index (χ1) is 33.4. The highest BCUT2D eigenvalue weighted by molar-refractivity contribution is 7.85. The summed E-state index contributed by atoms with van der Waals surface area (Å²) in [5.74, 6) is -1.34. The van der Waals surface area contributed by atoms with Crippen LogP contribution in [0.4, 0.5) is 0 Å². The van der Waals surface area contributed by atoms with Gasteiger partial charge >= 0.3 is 5.97 Å². The Morgan fingerprint density at radius 1 is 0.761 bits per heavy atom. The highest BCUT2D eigenvalue weighted by Crippen LogP contribution is 2.55.